The molecule has 0 amide bonds. The maximum absolute atomic E-state index is 13.0. The molecule has 0 aliphatic carbocycles. The molecule has 9 heteroatoms. The van der Waals surface area contributed by atoms with E-state index in [0.717, 1.165) is 18.2 Å². The average Bonchev–Trinajstić information content (AvgIpc) is 2.45. The second kappa shape index (κ2) is 6.49. The molecule has 23 heavy (non-hydrogen) atoms. The molecule has 0 atom stereocenters. The number of halogens is 2. The van der Waals surface area contributed by atoms with Crippen LogP contribution in [0.1, 0.15) is 15.9 Å². The van der Waals surface area contributed by atoms with Crippen LogP contribution in [-0.4, -0.2) is 21.1 Å². The molecule has 0 heterocycles. The number of hydrogen-bond donors (Lipinski definition) is 2. The topological polar surface area (TPSA) is 110 Å². The van der Waals surface area contributed by atoms with Gasteiger partial charge in [0, 0.05) is 17.7 Å². The summed E-state index contributed by atoms with van der Waals surface area (Å²) in [4.78, 5) is 21.1. The van der Waals surface area contributed by atoms with Crippen LogP contribution >= 0.6 is 11.6 Å². The number of rotatable bonds is 5. The fraction of sp³-hybridized carbons (Fsp3) is 0.0714. The highest BCUT2D eigenvalue weighted by molar-refractivity contribution is 6.31. The maximum Gasteiger partial charge on any atom is 0.339 e. The molecule has 0 aromatic heterocycles. The Morgan fingerprint density at radius 1 is 1.35 bits per heavy atom. The lowest BCUT2D eigenvalue weighted by molar-refractivity contribution is -0.386. The Kier molecular flexibility index (Phi) is 4.65. The van der Waals surface area contributed by atoms with Crippen molar-refractivity contribution in [1.29, 1.82) is 0 Å². The monoisotopic (exact) mass is 341 g/mol. The Hall–Kier alpha value is -2.87. The van der Waals surface area contributed by atoms with E-state index in [-0.39, 0.29) is 17.4 Å². The third-order valence-electron chi connectivity index (χ3n) is 2.90. The third-order valence-corrected chi connectivity index (χ3v) is 3.25. The van der Waals surface area contributed by atoms with E-state index in [4.69, 9.17) is 21.4 Å². The van der Waals surface area contributed by atoms with Gasteiger partial charge in [0.05, 0.1) is 9.95 Å². The summed E-state index contributed by atoms with van der Waals surface area (Å²) >= 11 is 5.82. The van der Waals surface area contributed by atoms with Gasteiger partial charge in [-0.25, -0.2) is 9.18 Å². The number of carbonyl (C=O) groups is 1. The molecule has 0 aliphatic rings. The molecule has 120 valence electrons. The summed E-state index contributed by atoms with van der Waals surface area (Å²) < 4.78 is 18.2. The van der Waals surface area contributed by atoms with Gasteiger partial charge in [-0.3, -0.25) is 10.1 Å². The Balaban J connectivity index is 2.33. The minimum atomic E-state index is -1.52. The van der Waals surface area contributed by atoms with E-state index in [9.17, 15) is 24.4 Å². The van der Waals surface area contributed by atoms with Gasteiger partial charge in [-0.05, 0) is 12.1 Å². The van der Waals surface area contributed by atoms with Crippen LogP contribution in [0.25, 0.3) is 0 Å². The fourth-order valence-corrected chi connectivity index (χ4v) is 2.00. The number of nitrogens with zero attached hydrogens (tertiary/aromatic N) is 1. The average molecular weight is 342 g/mol. The first-order valence-corrected chi connectivity index (χ1v) is 6.49. The van der Waals surface area contributed by atoms with Crippen LogP contribution < -0.4 is 4.74 Å². The molecule has 2 rings (SSSR count). The van der Waals surface area contributed by atoms with Crippen molar-refractivity contribution in [2.45, 2.75) is 6.61 Å². The largest absolute Gasteiger partial charge is 0.507 e. The van der Waals surface area contributed by atoms with E-state index in [1.807, 2.05) is 0 Å². The smallest absolute Gasteiger partial charge is 0.339 e. The fourth-order valence-electron chi connectivity index (χ4n) is 1.78. The lowest BCUT2D eigenvalue weighted by Crippen LogP contribution is -2.03. The lowest BCUT2D eigenvalue weighted by atomic mass is 10.1. The highest BCUT2D eigenvalue weighted by Gasteiger charge is 2.23. The first kappa shape index (κ1) is 16.5. The lowest BCUT2D eigenvalue weighted by Gasteiger charge is -2.10. The summed E-state index contributed by atoms with van der Waals surface area (Å²) in [5.41, 5.74) is -0.883. The molecule has 0 fully saturated rings. The van der Waals surface area contributed by atoms with E-state index in [2.05, 4.69) is 0 Å². The van der Waals surface area contributed by atoms with Crippen molar-refractivity contribution in [3.05, 3.63) is 62.4 Å². The SMILES string of the molecule is O=C(O)c1cc([N+](=O)[O-])c(OCc2ccc(F)cc2Cl)cc1O. The molecule has 2 aromatic carbocycles. The van der Waals surface area contributed by atoms with Crippen molar-refractivity contribution >= 4 is 23.3 Å². The molecule has 0 saturated heterocycles. The zero-order valence-electron chi connectivity index (χ0n) is 11.3. The number of nitro groups is 1. The molecule has 0 radical (unpaired) electrons. The number of nitro benzene ring substituents is 1. The number of aromatic hydroxyl groups is 1. The summed E-state index contributed by atoms with van der Waals surface area (Å²) in [7, 11) is 0. The number of ether oxygens (including phenoxy) is 1. The Labute approximate surface area is 133 Å². The van der Waals surface area contributed by atoms with Crippen LogP contribution in [0.5, 0.6) is 11.5 Å². The number of phenols is 1. The first-order valence-electron chi connectivity index (χ1n) is 6.11. The van der Waals surface area contributed by atoms with E-state index in [0.29, 0.717) is 11.6 Å². The summed E-state index contributed by atoms with van der Waals surface area (Å²) in [5.74, 6) is -3.08. The van der Waals surface area contributed by atoms with E-state index < -0.39 is 33.7 Å². The van der Waals surface area contributed by atoms with Crippen LogP contribution in [0.3, 0.4) is 0 Å². The second-order valence-corrected chi connectivity index (χ2v) is 4.83. The Morgan fingerprint density at radius 3 is 2.61 bits per heavy atom. The zero-order chi connectivity index (χ0) is 17.1. The predicted octanol–water partition coefficient (Wildman–Crippen LogP) is 3.37. The molecule has 0 unspecified atom stereocenters. The van der Waals surface area contributed by atoms with Crippen molar-refractivity contribution in [2.24, 2.45) is 0 Å². The van der Waals surface area contributed by atoms with Crippen molar-refractivity contribution < 1.29 is 29.1 Å². The molecule has 0 aliphatic heterocycles. The van der Waals surface area contributed by atoms with Gasteiger partial charge in [0.15, 0.2) is 0 Å². The standard InChI is InChI=1S/C14H9ClFNO6/c15-10-3-8(16)2-1-7(10)6-23-13-5-12(18)9(14(19)20)4-11(13)17(21)22/h1-5,18H,6H2,(H,19,20). The summed E-state index contributed by atoms with van der Waals surface area (Å²) in [6.45, 7) is -0.230. The van der Waals surface area contributed by atoms with Gasteiger partial charge in [-0.2, -0.15) is 0 Å². The van der Waals surface area contributed by atoms with Crippen LogP contribution in [0.15, 0.2) is 30.3 Å². The number of carboxylic acids is 1. The highest BCUT2D eigenvalue weighted by Crippen LogP contribution is 2.35. The minimum absolute atomic E-state index is 0.0685. The van der Waals surface area contributed by atoms with Gasteiger partial charge >= 0.3 is 11.7 Å². The van der Waals surface area contributed by atoms with Gasteiger partial charge in [-0.1, -0.05) is 17.7 Å². The van der Waals surface area contributed by atoms with E-state index in [1.54, 1.807) is 0 Å². The predicted molar refractivity (Wildman–Crippen MR) is 77.5 cm³/mol. The van der Waals surface area contributed by atoms with Gasteiger partial charge in [-0.15, -0.1) is 0 Å². The number of carboxylic acid groups (broad SMARTS) is 1. The number of aromatic carboxylic acids is 1. The van der Waals surface area contributed by atoms with Crippen LogP contribution in [0.2, 0.25) is 5.02 Å². The zero-order valence-corrected chi connectivity index (χ0v) is 12.1. The number of benzene rings is 2. The second-order valence-electron chi connectivity index (χ2n) is 4.42. The van der Waals surface area contributed by atoms with Crippen LogP contribution in [0, 0.1) is 15.9 Å². The van der Waals surface area contributed by atoms with Gasteiger partial charge in [0.1, 0.15) is 23.7 Å². The summed E-state index contributed by atoms with van der Waals surface area (Å²) in [5, 5.41) is 29.5. The van der Waals surface area contributed by atoms with E-state index in [1.165, 1.54) is 6.07 Å². The van der Waals surface area contributed by atoms with E-state index >= 15 is 0 Å². The minimum Gasteiger partial charge on any atom is -0.507 e. The third kappa shape index (κ3) is 3.67. The maximum atomic E-state index is 13.0. The summed E-state index contributed by atoms with van der Waals surface area (Å²) in [6.07, 6.45) is 0. The summed E-state index contributed by atoms with van der Waals surface area (Å²) in [6, 6.07) is 5.07. The molecule has 0 bridgehead atoms. The molecular formula is C14H9ClFNO6. The quantitative estimate of drug-likeness (QED) is 0.637. The molecular weight excluding hydrogens is 333 g/mol. The molecule has 0 saturated carbocycles. The van der Waals surface area contributed by atoms with Crippen molar-refractivity contribution in [3.63, 3.8) is 0 Å². The first-order chi connectivity index (χ1) is 10.8. The van der Waals surface area contributed by atoms with Gasteiger partial charge in [0.25, 0.3) is 0 Å². The molecule has 0 spiro atoms. The van der Waals surface area contributed by atoms with Gasteiger partial charge in [0.2, 0.25) is 5.75 Å². The van der Waals surface area contributed by atoms with Crippen molar-refractivity contribution in [3.8, 4) is 11.5 Å². The molecule has 7 nitrogen and oxygen atoms in total. The van der Waals surface area contributed by atoms with Crippen LogP contribution in [-0.2, 0) is 6.61 Å². The molecule has 2 N–H and O–H groups in total. The normalized spacial score (nSPS) is 10.3. The highest BCUT2D eigenvalue weighted by atomic mass is 35.5. The Morgan fingerprint density at radius 2 is 2.04 bits per heavy atom. The van der Waals surface area contributed by atoms with Crippen LogP contribution in [0.4, 0.5) is 10.1 Å². The van der Waals surface area contributed by atoms with Crippen molar-refractivity contribution in [2.75, 3.05) is 0 Å². The number of hydrogen-bond acceptors (Lipinski definition) is 5. The molecule has 2 aromatic rings. The van der Waals surface area contributed by atoms with Gasteiger partial charge < -0.3 is 14.9 Å². The van der Waals surface area contributed by atoms with Crippen molar-refractivity contribution in [1.82, 2.24) is 0 Å². The Bertz CT molecular complexity index is 795.